The fourth-order valence-corrected chi connectivity index (χ4v) is 20.9. The first kappa shape index (κ1) is 79.6. The van der Waals surface area contributed by atoms with Crippen molar-refractivity contribution in [3.05, 3.63) is 0 Å². The Balaban J connectivity index is 0.901. The molecule has 7 saturated carbocycles. The van der Waals surface area contributed by atoms with Crippen molar-refractivity contribution in [2.24, 2.45) is 73.7 Å². The lowest BCUT2D eigenvalue weighted by Crippen LogP contribution is -2.80. The zero-order valence-corrected chi connectivity index (χ0v) is 56.9. The molecule has 46 heteroatoms. The number of fused-ring (bicyclic) bond motifs is 2. The summed E-state index contributed by atoms with van der Waals surface area (Å²) < 4.78 is 146. The Bertz CT molecular complexity index is 3270. The molecule has 2 heterocycles. The van der Waals surface area contributed by atoms with Crippen LogP contribution in [-0.4, -0.2) is 275 Å². The number of aliphatic hydroxyl groups excluding tert-OH is 4. The molecule has 0 amide bonds. The number of carboxylic acids is 3. The number of aliphatic hydroxyl groups is 4. The van der Waals surface area contributed by atoms with E-state index in [0.717, 1.165) is 0 Å². The van der Waals surface area contributed by atoms with Crippen LogP contribution < -0.4 is 63.8 Å². The van der Waals surface area contributed by atoms with Crippen LogP contribution in [-0.2, 0) is 64.6 Å². The van der Waals surface area contributed by atoms with Gasteiger partial charge in [-0.05, 0) is 120 Å². The summed E-state index contributed by atoms with van der Waals surface area (Å²) in [5.74, 6) is -11.8. The van der Waals surface area contributed by atoms with Crippen molar-refractivity contribution in [1.29, 1.82) is 0 Å². The summed E-state index contributed by atoms with van der Waals surface area (Å²) in [6.07, 6.45) is -10.3. The molecule has 2 saturated heterocycles. The molecule has 25 N–H and O–H groups in total. The van der Waals surface area contributed by atoms with Gasteiger partial charge in [0.05, 0.1) is 79.0 Å². The monoisotopic (exact) mass is 1500 g/mol. The fourth-order valence-electron chi connectivity index (χ4n) is 16.9. The minimum absolute atomic E-state index is 0.00584. The Labute approximate surface area is 570 Å². The second kappa shape index (κ2) is 34.1. The van der Waals surface area contributed by atoms with Crippen LogP contribution >= 0.6 is 0 Å². The molecule has 9 fully saturated rings. The van der Waals surface area contributed by atoms with Crippen LogP contribution in [0.15, 0.2) is 20.5 Å². The number of nitrogens with one attached hydrogen (secondary N) is 12. The second-order valence-corrected chi connectivity index (χ2v) is 34.4. The van der Waals surface area contributed by atoms with Crippen LogP contribution in [0.3, 0.4) is 0 Å². The van der Waals surface area contributed by atoms with Crippen LogP contribution in [0, 0.1) is 53.3 Å². The first-order chi connectivity index (χ1) is 46.7. The van der Waals surface area contributed by atoms with E-state index < -0.39 is 232 Å². The van der Waals surface area contributed by atoms with Gasteiger partial charge in [0.1, 0.15) is 60.3 Å². The zero-order chi connectivity index (χ0) is 72.1. The average Bonchev–Trinajstić information content (AvgIpc) is 0.752. The molecule has 568 valence electrons. The first-order valence-corrected chi connectivity index (χ1v) is 39.2. The van der Waals surface area contributed by atoms with Crippen molar-refractivity contribution in [2.45, 2.75) is 216 Å². The fraction of sp³-hybridized carbons (Fsp3) is 0.943. The maximum atomic E-state index is 13.3. The van der Waals surface area contributed by atoms with E-state index in [1.807, 2.05) is 0 Å². The Morgan fingerprint density at radius 3 is 1.15 bits per heavy atom. The van der Waals surface area contributed by atoms with Crippen molar-refractivity contribution in [3.8, 4) is 0 Å². The topological polar surface area (TPSA) is 663 Å². The molecule has 0 aromatic heterocycles. The van der Waals surface area contributed by atoms with E-state index in [-0.39, 0.29) is 116 Å². The quantitative estimate of drug-likeness (QED) is 0.0144. The Hall–Kier alpha value is -3.55. The number of rotatable bonds is 29. The van der Waals surface area contributed by atoms with Gasteiger partial charge in [0, 0.05) is 49.1 Å². The highest BCUT2D eigenvalue weighted by Gasteiger charge is 2.58. The first-order valence-electron chi connectivity index (χ1n) is 33.2. The third-order valence-corrected chi connectivity index (χ3v) is 26.5. The summed E-state index contributed by atoms with van der Waals surface area (Å²) in [7, 11) is -19.8. The van der Waals surface area contributed by atoms with Crippen molar-refractivity contribution in [2.75, 3.05) is 39.5 Å². The zero-order valence-electron chi connectivity index (χ0n) is 53.6. The Morgan fingerprint density at radius 2 is 0.798 bits per heavy atom. The molecule has 0 spiro atoms. The molecule has 0 aromatic rings. The number of hydrogen-bond acceptors (Lipinski definition) is 35. The van der Waals surface area contributed by atoms with Gasteiger partial charge in [0.2, 0.25) is 0 Å². The summed E-state index contributed by atoms with van der Waals surface area (Å²) in [6, 6.07) is -9.13. The van der Waals surface area contributed by atoms with Gasteiger partial charge in [-0.25, -0.2) is 9.78 Å². The summed E-state index contributed by atoms with van der Waals surface area (Å²) >= 11 is 0. The molecule has 9 aliphatic rings. The minimum atomic E-state index is -5.08. The normalized spacial score (nSPS) is 42.1. The molecule has 29 atom stereocenters. The number of carbonyl (C=O) groups is 3. The predicted molar refractivity (Wildman–Crippen MR) is 338 cm³/mol. The second-order valence-electron chi connectivity index (χ2n) is 27.8. The number of azo groups is 2. The number of aliphatic carboxylic acids is 3. The molecular formula is C53H96N16O26S4. The molecule has 0 bridgehead atoms. The van der Waals surface area contributed by atoms with Crippen LogP contribution in [0.25, 0.3) is 0 Å². The van der Waals surface area contributed by atoms with Crippen molar-refractivity contribution < 1.29 is 122 Å². The van der Waals surface area contributed by atoms with E-state index in [0.29, 0.717) is 19.3 Å². The summed E-state index contributed by atoms with van der Waals surface area (Å²) in [5, 5.41) is 142. The third kappa shape index (κ3) is 20.3. The van der Waals surface area contributed by atoms with Crippen LogP contribution in [0.4, 0.5) is 0 Å². The van der Waals surface area contributed by atoms with Gasteiger partial charge >= 0.3 is 17.9 Å². The number of nitrogens with zero attached hydrogens (tertiary/aromatic N) is 4. The third-order valence-electron chi connectivity index (χ3n) is 21.5. The summed E-state index contributed by atoms with van der Waals surface area (Å²) in [5.41, 5.74) is 0. The summed E-state index contributed by atoms with van der Waals surface area (Å²) in [6.45, 7) is -0.967. The molecule has 0 aromatic carbocycles. The molecule has 9 rings (SSSR count). The standard InChI is InChI=1S/C53H96N16O26S4/c70-9-7-54-48-60-50(64-52(62-48)58-35-18-27(96(82,83)84)13-24-15-37(98(88,89)90)41(43(72)39(24)35)68-66-33-11-22(20-94-80)1-4-29(33)45(74)75)56-26-3-6-32(31(17-26)47(78)79)57-51-61-49(55-8-10-71)63-53(65-51)59-36-19-28(97(85,86)87)14-25-16-38(99(91,92)93)42(44(73)40(25)36)69-67-34-12-23(21-95-81)2-5-30(34)46(76)77/h22-44,48-65,70-73,80-81H,1-21H2,(H,74,75)(H,76,77)(H,78,79)(H,82,83,84)(H,85,86,87)(H,88,89,90)(H,91,92,93). The van der Waals surface area contributed by atoms with Gasteiger partial charge in [0.25, 0.3) is 40.5 Å². The maximum Gasteiger partial charge on any atom is 0.308 e. The Kier molecular flexibility index (Phi) is 27.4. The van der Waals surface area contributed by atoms with E-state index in [1.54, 1.807) is 0 Å². The van der Waals surface area contributed by atoms with Crippen LogP contribution in [0.5, 0.6) is 0 Å². The van der Waals surface area contributed by atoms with E-state index >= 15 is 0 Å². The molecule has 7 aliphatic carbocycles. The predicted octanol–water partition coefficient (Wildman–Crippen LogP) is -5.90. The van der Waals surface area contributed by atoms with Crippen molar-refractivity contribution >= 4 is 58.4 Å². The molecule has 42 nitrogen and oxygen atoms in total. The van der Waals surface area contributed by atoms with Gasteiger partial charge in [-0.1, -0.05) is 0 Å². The lowest BCUT2D eigenvalue weighted by Gasteiger charge is -2.51. The van der Waals surface area contributed by atoms with E-state index in [2.05, 4.69) is 94.0 Å². The highest BCUT2D eigenvalue weighted by atomic mass is 32.2. The molecule has 0 radical (unpaired) electrons. The average molecular weight is 1500 g/mol. The van der Waals surface area contributed by atoms with Crippen LogP contribution in [0.2, 0.25) is 0 Å². The minimum Gasteiger partial charge on any atom is -0.481 e. The Morgan fingerprint density at radius 1 is 0.424 bits per heavy atom. The van der Waals surface area contributed by atoms with Crippen molar-refractivity contribution in [3.63, 3.8) is 0 Å². The van der Waals surface area contributed by atoms with Gasteiger partial charge in [-0.15, -0.1) is 0 Å². The van der Waals surface area contributed by atoms with Crippen molar-refractivity contribution in [1.82, 2.24) is 63.8 Å². The van der Waals surface area contributed by atoms with Gasteiger partial charge in [-0.2, -0.15) is 54.1 Å². The molecular weight excluding hydrogens is 1400 g/mol. The molecule has 2 aliphatic heterocycles. The van der Waals surface area contributed by atoms with Crippen LogP contribution in [0.1, 0.15) is 96.3 Å². The van der Waals surface area contributed by atoms with Gasteiger partial charge in [-0.3, -0.25) is 107 Å². The van der Waals surface area contributed by atoms with Gasteiger partial charge < -0.3 is 35.7 Å². The lowest BCUT2D eigenvalue weighted by molar-refractivity contribution is -0.253. The van der Waals surface area contributed by atoms with E-state index in [9.17, 15) is 102 Å². The highest BCUT2D eigenvalue weighted by Crippen LogP contribution is 2.48. The number of carboxylic acid groups (broad SMARTS) is 3. The SMILES string of the molecule is O=C(O)C1CCC(COO)CC1N=NC1C(O)C2C(CC(S(=O)(=O)O)CC2NC2NC(NCCO)NC(NC3CCC(NC4NC(NCCO)NC(NC5CC(S(=O)(=O)O)CC6CC(S(=O)(=O)O)C(N=NC7CC(COO)CCC7C(=O)O)C(O)C65)N4)C(C(=O)O)C3)N2)CC1S(=O)(=O)O. The largest absolute Gasteiger partial charge is 0.481 e. The smallest absolute Gasteiger partial charge is 0.308 e. The summed E-state index contributed by atoms with van der Waals surface area (Å²) in [4.78, 5) is 46.5. The highest BCUT2D eigenvalue weighted by molar-refractivity contribution is 7.87. The number of hydrogen-bond donors (Lipinski definition) is 25. The molecule has 99 heavy (non-hydrogen) atoms. The lowest BCUT2D eigenvalue weighted by atomic mass is 9.65. The van der Waals surface area contributed by atoms with E-state index in [4.69, 9.17) is 10.5 Å². The van der Waals surface area contributed by atoms with Gasteiger partial charge in [0.15, 0.2) is 0 Å². The van der Waals surface area contributed by atoms with E-state index in [1.165, 1.54) is 0 Å². The maximum absolute atomic E-state index is 13.3. The molecule has 29 unspecified atom stereocenters.